The summed E-state index contributed by atoms with van der Waals surface area (Å²) >= 11 is 0. The minimum atomic E-state index is -0.528. The summed E-state index contributed by atoms with van der Waals surface area (Å²) in [5.41, 5.74) is 6.98. The molecule has 0 bridgehead atoms. The van der Waals surface area contributed by atoms with E-state index in [9.17, 15) is 5.11 Å². The first-order valence-electron chi connectivity index (χ1n) is 6.62. The van der Waals surface area contributed by atoms with Gasteiger partial charge in [-0.05, 0) is 26.2 Å². The third-order valence-corrected chi connectivity index (χ3v) is 3.38. The van der Waals surface area contributed by atoms with Gasteiger partial charge in [-0.2, -0.15) is 0 Å². The minimum Gasteiger partial charge on any atom is -0.487 e. The van der Waals surface area contributed by atoms with Gasteiger partial charge in [0.25, 0.3) is 0 Å². The number of aliphatic hydroxyl groups is 1. The Balaban J connectivity index is 2.56. The molecule has 0 saturated carbocycles. The highest BCUT2D eigenvalue weighted by Gasteiger charge is 2.17. The lowest BCUT2D eigenvalue weighted by atomic mass is 10.0. The number of fused-ring (bicyclic) bond motifs is 1. The quantitative estimate of drug-likeness (QED) is 0.887. The molecule has 2 aromatic carbocycles. The molecule has 0 saturated heterocycles. The molecule has 3 N–H and O–H groups in total. The van der Waals surface area contributed by atoms with Crippen molar-refractivity contribution in [2.75, 3.05) is 0 Å². The van der Waals surface area contributed by atoms with Crippen LogP contribution < -0.4 is 10.5 Å². The van der Waals surface area contributed by atoms with E-state index in [-0.39, 0.29) is 12.1 Å². The molecule has 0 heterocycles. The minimum absolute atomic E-state index is 0.110. The lowest BCUT2D eigenvalue weighted by Crippen LogP contribution is -2.26. The van der Waals surface area contributed by atoms with Crippen molar-refractivity contribution in [3.8, 4) is 5.75 Å². The fourth-order valence-electron chi connectivity index (χ4n) is 2.03. The van der Waals surface area contributed by atoms with Gasteiger partial charge in [0.05, 0.1) is 6.10 Å². The largest absolute Gasteiger partial charge is 0.487 e. The zero-order valence-electron chi connectivity index (χ0n) is 11.6. The molecule has 0 aliphatic rings. The molecule has 3 nitrogen and oxygen atoms in total. The molecule has 19 heavy (non-hydrogen) atoms. The second-order valence-corrected chi connectivity index (χ2v) is 5.06. The maximum absolute atomic E-state index is 9.63. The van der Waals surface area contributed by atoms with Crippen LogP contribution in [0.5, 0.6) is 5.75 Å². The molecule has 2 unspecified atom stereocenters. The van der Waals surface area contributed by atoms with Crippen LogP contribution in [0.2, 0.25) is 0 Å². The van der Waals surface area contributed by atoms with E-state index in [0.717, 1.165) is 22.1 Å². The van der Waals surface area contributed by atoms with Gasteiger partial charge in [0.15, 0.2) is 0 Å². The van der Waals surface area contributed by atoms with Gasteiger partial charge < -0.3 is 15.6 Å². The molecule has 102 valence electrons. The Bertz CT molecular complexity index is 564. The van der Waals surface area contributed by atoms with Crippen molar-refractivity contribution in [2.24, 2.45) is 5.73 Å². The van der Waals surface area contributed by atoms with Crippen molar-refractivity contribution < 1.29 is 9.84 Å². The van der Waals surface area contributed by atoms with Gasteiger partial charge in [0.2, 0.25) is 0 Å². The third kappa shape index (κ3) is 2.88. The molecule has 0 fully saturated rings. The lowest BCUT2D eigenvalue weighted by Gasteiger charge is -2.22. The second-order valence-electron chi connectivity index (χ2n) is 5.06. The molecular weight excluding hydrogens is 238 g/mol. The van der Waals surface area contributed by atoms with Crippen LogP contribution >= 0.6 is 0 Å². The zero-order valence-corrected chi connectivity index (χ0v) is 11.6. The summed E-state index contributed by atoms with van der Waals surface area (Å²) in [7, 11) is 0. The van der Waals surface area contributed by atoms with Crippen LogP contribution in [-0.4, -0.2) is 17.3 Å². The number of ether oxygens (including phenoxy) is 1. The number of hydrogen-bond donors (Lipinski definition) is 2. The smallest absolute Gasteiger partial charge is 0.132 e. The molecular formula is C16H21NO2. The SMILES string of the molecule is CC(O)C(C)Oc1c([C@@H](C)N)ccc2ccccc12. The fourth-order valence-corrected chi connectivity index (χ4v) is 2.03. The monoisotopic (exact) mass is 259 g/mol. The van der Waals surface area contributed by atoms with E-state index in [1.54, 1.807) is 6.92 Å². The number of benzene rings is 2. The average molecular weight is 259 g/mol. The van der Waals surface area contributed by atoms with Crippen molar-refractivity contribution in [1.82, 2.24) is 0 Å². The summed E-state index contributed by atoms with van der Waals surface area (Å²) in [5, 5.41) is 11.8. The first-order valence-corrected chi connectivity index (χ1v) is 6.62. The van der Waals surface area contributed by atoms with Crippen molar-refractivity contribution in [3.63, 3.8) is 0 Å². The first-order chi connectivity index (χ1) is 9.00. The Morgan fingerprint density at radius 1 is 1.05 bits per heavy atom. The standard InChI is InChI=1S/C16H21NO2/c1-10(17)14-9-8-13-6-4-5-7-15(13)16(14)19-12(3)11(2)18/h4-12,18H,17H2,1-3H3/t10-,11?,12?/m1/s1. The highest BCUT2D eigenvalue weighted by Crippen LogP contribution is 2.33. The number of rotatable bonds is 4. The second kappa shape index (κ2) is 5.59. The maximum atomic E-state index is 9.63. The zero-order chi connectivity index (χ0) is 14.0. The van der Waals surface area contributed by atoms with Crippen LogP contribution in [0, 0.1) is 0 Å². The Labute approximate surface area is 114 Å². The van der Waals surface area contributed by atoms with Crippen molar-refractivity contribution in [3.05, 3.63) is 42.0 Å². The predicted octanol–water partition coefficient (Wildman–Crippen LogP) is 3.01. The Morgan fingerprint density at radius 3 is 2.37 bits per heavy atom. The van der Waals surface area contributed by atoms with Crippen LogP contribution in [0.1, 0.15) is 32.4 Å². The molecule has 0 aromatic heterocycles. The summed E-state index contributed by atoms with van der Waals surface area (Å²) in [4.78, 5) is 0. The highest BCUT2D eigenvalue weighted by atomic mass is 16.5. The van der Waals surface area contributed by atoms with E-state index < -0.39 is 6.10 Å². The summed E-state index contributed by atoms with van der Waals surface area (Å²) in [6.45, 7) is 5.52. The molecule has 0 aliphatic heterocycles. The molecule has 0 amide bonds. The van der Waals surface area contributed by atoms with Crippen molar-refractivity contribution >= 4 is 10.8 Å². The van der Waals surface area contributed by atoms with Crippen molar-refractivity contribution in [1.29, 1.82) is 0 Å². The van der Waals surface area contributed by atoms with Gasteiger partial charge in [-0.15, -0.1) is 0 Å². The predicted molar refractivity (Wildman–Crippen MR) is 78.3 cm³/mol. The summed E-state index contributed by atoms with van der Waals surface area (Å²) < 4.78 is 5.95. The molecule has 2 rings (SSSR count). The van der Waals surface area contributed by atoms with E-state index >= 15 is 0 Å². The van der Waals surface area contributed by atoms with Crippen molar-refractivity contribution in [2.45, 2.75) is 39.0 Å². The fraction of sp³-hybridized carbons (Fsp3) is 0.375. The summed E-state index contributed by atoms with van der Waals surface area (Å²) in [6, 6.07) is 12.0. The molecule has 3 heteroatoms. The number of hydrogen-bond acceptors (Lipinski definition) is 3. The van der Waals surface area contributed by atoms with Gasteiger partial charge in [0, 0.05) is 17.0 Å². The third-order valence-electron chi connectivity index (χ3n) is 3.38. The van der Waals surface area contributed by atoms with E-state index in [1.165, 1.54) is 0 Å². The Hall–Kier alpha value is -1.58. The normalized spacial score (nSPS) is 16.1. The molecule has 3 atom stereocenters. The number of nitrogens with two attached hydrogens (primary N) is 1. The average Bonchev–Trinajstić information content (AvgIpc) is 2.38. The van der Waals surface area contributed by atoms with E-state index in [0.29, 0.717) is 0 Å². The lowest BCUT2D eigenvalue weighted by molar-refractivity contribution is 0.0607. The van der Waals surface area contributed by atoms with Crippen LogP contribution in [0.4, 0.5) is 0 Å². The van der Waals surface area contributed by atoms with E-state index in [2.05, 4.69) is 0 Å². The topological polar surface area (TPSA) is 55.5 Å². The van der Waals surface area contributed by atoms with Crippen LogP contribution in [0.3, 0.4) is 0 Å². The Kier molecular flexibility index (Phi) is 4.08. The molecule has 2 aromatic rings. The van der Waals surface area contributed by atoms with Crippen LogP contribution in [0.25, 0.3) is 10.8 Å². The maximum Gasteiger partial charge on any atom is 0.132 e. The van der Waals surface area contributed by atoms with Gasteiger partial charge in [0.1, 0.15) is 11.9 Å². The molecule has 0 aliphatic carbocycles. The van der Waals surface area contributed by atoms with Crippen LogP contribution in [0.15, 0.2) is 36.4 Å². The molecule has 0 spiro atoms. The summed E-state index contributed by atoms with van der Waals surface area (Å²) in [5.74, 6) is 0.779. The van der Waals surface area contributed by atoms with Gasteiger partial charge >= 0.3 is 0 Å². The first kappa shape index (κ1) is 13.8. The summed E-state index contributed by atoms with van der Waals surface area (Å²) in [6.07, 6.45) is -0.803. The Morgan fingerprint density at radius 2 is 1.74 bits per heavy atom. The van der Waals surface area contributed by atoms with Gasteiger partial charge in [-0.3, -0.25) is 0 Å². The molecule has 0 radical (unpaired) electrons. The van der Waals surface area contributed by atoms with E-state index in [4.69, 9.17) is 10.5 Å². The number of aliphatic hydroxyl groups excluding tert-OH is 1. The highest BCUT2D eigenvalue weighted by molar-refractivity contribution is 5.89. The van der Waals surface area contributed by atoms with Crippen LogP contribution in [-0.2, 0) is 0 Å². The van der Waals surface area contributed by atoms with Gasteiger partial charge in [-0.25, -0.2) is 0 Å². The van der Waals surface area contributed by atoms with Gasteiger partial charge in [-0.1, -0.05) is 36.4 Å². The van der Waals surface area contributed by atoms with E-state index in [1.807, 2.05) is 50.2 Å².